The van der Waals surface area contributed by atoms with Crippen LogP contribution in [-0.4, -0.2) is 40.8 Å². The third-order valence-corrected chi connectivity index (χ3v) is 3.87. The largest absolute Gasteiger partial charge is 0.396 e. The molecule has 0 amide bonds. The molecule has 23 heavy (non-hydrogen) atoms. The Morgan fingerprint density at radius 3 is 2.35 bits per heavy atom. The predicted octanol–water partition coefficient (Wildman–Crippen LogP) is 1.34. The molecule has 0 aliphatic heterocycles. The van der Waals surface area contributed by atoms with E-state index >= 15 is 0 Å². The Balaban J connectivity index is 2.55. The molecule has 5 nitrogen and oxygen atoms in total. The molecule has 2 N–H and O–H groups in total. The number of carbonyl (C=O) groups excluding carboxylic acids is 3. The minimum atomic E-state index is -0.964. The molecule has 0 aliphatic rings. The van der Waals surface area contributed by atoms with Crippen LogP contribution in [0.1, 0.15) is 31.7 Å². The van der Waals surface area contributed by atoms with Crippen LogP contribution in [0.2, 0.25) is 0 Å². The molecule has 0 fully saturated rings. The van der Waals surface area contributed by atoms with E-state index in [4.69, 9.17) is 5.11 Å². The van der Waals surface area contributed by atoms with E-state index in [1.54, 1.807) is 0 Å². The number of benzene rings is 1. The Hall–Kier alpha value is -1.85. The fourth-order valence-corrected chi connectivity index (χ4v) is 2.39. The van der Waals surface area contributed by atoms with Gasteiger partial charge in [0, 0.05) is 25.2 Å². The zero-order valence-corrected chi connectivity index (χ0v) is 13.4. The van der Waals surface area contributed by atoms with Gasteiger partial charge in [-0.3, -0.25) is 9.59 Å². The lowest BCUT2D eigenvalue weighted by Gasteiger charge is -2.19. The van der Waals surface area contributed by atoms with Gasteiger partial charge in [-0.1, -0.05) is 30.3 Å². The highest BCUT2D eigenvalue weighted by Crippen LogP contribution is 2.17. The number of hydrogen-bond acceptors (Lipinski definition) is 5. The number of aryl methyl sites for hydroxylation is 1. The van der Waals surface area contributed by atoms with Crippen LogP contribution in [0.3, 0.4) is 0 Å². The first-order chi connectivity index (χ1) is 11.0. The molecule has 0 saturated heterocycles. The number of rotatable bonds is 11. The summed E-state index contributed by atoms with van der Waals surface area (Å²) >= 11 is 0. The summed E-state index contributed by atoms with van der Waals surface area (Å²) in [7, 11) is 0. The first-order valence-electron chi connectivity index (χ1n) is 7.80. The Morgan fingerprint density at radius 2 is 1.83 bits per heavy atom. The van der Waals surface area contributed by atoms with E-state index in [-0.39, 0.29) is 24.4 Å². The maximum atomic E-state index is 12.1. The molecular weight excluding hydrogens is 296 g/mol. The maximum absolute atomic E-state index is 12.1. The van der Waals surface area contributed by atoms with Gasteiger partial charge in [0.15, 0.2) is 0 Å². The van der Waals surface area contributed by atoms with Gasteiger partial charge in [0.05, 0.1) is 18.6 Å². The lowest BCUT2D eigenvalue weighted by Crippen LogP contribution is -2.30. The molecule has 0 aliphatic carbocycles. The van der Waals surface area contributed by atoms with Crippen LogP contribution in [0.25, 0.3) is 0 Å². The van der Waals surface area contributed by atoms with Crippen molar-refractivity contribution in [3.63, 3.8) is 0 Å². The second kappa shape index (κ2) is 10.0. The van der Waals surface area contributed by atoms with Gasteiger partial charge in [-0.25, -0.2) is 0 Å². The van der Waals surface area contributed by atoms with Gasteiger partial charge in [0.2, 0.25) is 0 Å². The monoisotopic (exact) mass is 320 g/mol. The Bertz CT molecular complexity index is 509. The van der Waals surface area contributed by atoms with E-state index < -0.39 is 24.5 Å². The molecule has 0 saturated carbocycles. The predicted molar refractivity (Wildman–Crippen MR) is 85.8 cm³/mol. The Labute approximate surface area is 136 Å². The summed E-state index contributed by atoms with van der Waals surface area (Å²) in [4.78, 5) is 34.9. The minimum absolute atomic E-state index is 0.0413. The van der Waals surface area contributed by atoms with Crippen molar-refractivity contribution in [2.75, 3.05) is 6.61 Å². The van der Waals surface area contributed by atoms with Gasteiger partial charge in [-0.15, -0.1) is 0 Å². The number of Topliss-reactive ketones (excluding diaryl/α,β-unsaturated/α-hetero) is 2. The smallest absolute Gasteiger partial charge is 0.139 e. The van der Waals surface area contributed by atoms with E-state index in [0.29, 0.717) is 19.1 Å². The average molecular weight is 320 g/mol. The summed E-state index contributed by atoms with van der Waals surface area (Å²) in [5, 5.41) is 18.7. The van der Waals surface area contributed by atoms with E-state index in [1.165, 1.54) is 6.92 Å². The molecule has 0 bridgehead atoms. The van der Waals surface area contributed by atoms with Crippen molar-refractivity contribution < 1.29 is 24.6 Å². The molecule has 0 aromatic heterocycles. The van der Waals surface area contributed by atoms with Crippen molar-refractivity contribution in [3.05, 3.63) is 35.9 Å². The molecule has 1 aromatic rings. The Morgan fingerprint density at radius 1 is 1.17 bits per heavy atom. The zero-order valence-electron chi connectivity index (χ0n) is 13.4. The minimum Gasteiger partial charge on any atom is -0.396 e. The maximum Gasteiger partial charge on any atom is 0.139 e. The highest BCUT2D eigenvalue weighted by atomic mass is 16.3. The van der Waals surface area contributed by atoms with Crippen LogP contribution in [0.15, 0.2) is 30.3 Å². The fourth-order valence-electron chi connectivity index (χ4n) is 2.39. The first-order valence-corrected chi connectivity index (χ1v) is 7.80. The second-order valence-corrected chi connectivity index (χ2v) is 5.82. The van der Waals surface area contributed by atoms with E-state index in [0.717, 1.165) is 5.56 Å². The van der Waals surface area contributed by atoms with Crippen LogP contribution in [0.4, 0.5) is 0 Å². The average Bonchev–Trinajstić information content (AvgIpc) is 2.56. The highest BCUT2D eigenvalue weighted by Gasteiger charge is 2.27. The van der Waals surface area contributed by atoms with E-state index in [1.807, 2.05) is 30.3 Å². The number of aldehydes is 1. The third kappa shape index (κ3) is 6.84. The first kappa shape index (κ1) is 19.2. The number of ketones is 2. The van der Waals surface area contributed by atoms with Crippen LogP contribution >= 0.6 is 0 Å². The number of carbonyl (C=O) groups is 3. The summed E-state index contributed by atoms with van der Waals surface area (Å²) in [6.07, 6.45) is 0.260. The van der Waals surface area contributed by atoms with Crippen molar-refractivity contribution in [2.24, 2.45) is 11.8 Å². The molecule has 3 atom stereocenters. The molecule has 5 heteroatoms. The normalized spacial score (nSPS) is 14.7. The van der Waals surface area contributed by atoms with Crippen molar-refractivity contribution in [1.82, 2.24) is 0 Å². The van der Waals surface area contributed by atoms with Crippen LogP contribution in [0, 0.1) is 11.8 Å². The lowest BCUT2D eigenvalue weighted by atomic mass is 9.87. The van der Waals surface area contributed by atoms with Gasteiger partial charge >= 0.3 is 0 Å². The summed E-state index contributed by atoms with van der Waals surface area (Å²) in [6, 6.07) is 9.56. The topological polar surface area (TPSA) is 91.7 Å². The van der Waals surface area contributed by atoms with Gasteiger partial charge in [0.25, 0.3) is 0 Å². The van der Waals surface area contributed by atoms with Crippen molar-refractivity contribution in [2.45, 2.75) is 38.7 Å². The SMILES string of the molecule is CC(O)C(CC(=O)CCc1ccccc1)C(=O)CC(C=O)CO. The second-order valence-electron chi connectivity index (χ2n) is 5.82. The lowest BCUT2D eigenvalue weighted by molar-refractivity contribution is -0.133. The van der Waals surface area contributed by atoms with Crippen molar-refractivity contribution in [3.8, 4) is 0 Å². The number of aliphatic hydroxyl groups excluding tert-OH is 2. The quantitative estimate of drug-likeness (QED) is 0.600. The van der Waals surface area contributed by atoms with Gasteiger partial charge in [-0.2, -0.15) is 0 Å². The summed E-state index contributed by atoms with van der Waals surface area (Å²) in [5.41, 5.74) is 1.04. The van der Waals surface area contributed by atoms with Crippen molar-refractivity contribution >= 4 is 17.9 Å². The highest BCUT2D eigenvalue weighted by molar-refractivity contribution is 5.89. The molecule has 1 rings (SSSR count). The fraction of sp³-hybridized carbons (Fsp3) is 0.500. The number of hydrogen-bond donors (Lipinski definition) is 2. The molecule has 126 valence electrons. The van der Waals surface area contributed by atoms with Crippen molar-refractivity contribution in [1.29, 1.82) is 0 Å². The summed E-state index contributed by atoms with van der Waals surface area (Å²) in [5.74, 6) is -2.06. The molecule has 1 aromatic carbocycles. The standard InChI is InChI=1S/C18H24O5/c1-13(21)17(18(23)9-15(11-19)12-20)10-16(22)8-7-14-5-3-2-4-6-14/h2-6,11,13,15,17,20-21H,7-10,12H2,1H3. The van der Waals surface area contributed by atoms with Gasteiger partial charge in [-0.05, 0) is 18.9 Å². The third-order valence-electron chi connectivity index (χ3n) is 3.87. The summed E-state index contributed by atoms with van der Waals surface area (Å²) < 4.78 is 0. The van der Waals surface area contributed by atoms with E-state index in [2.05, 4.69) is 0 Å². The molecule has 0 heterocycles. The van der Waals surface area contributed by atoms with Gasteiger partial charge in [0.1, 0.15) is 17.9 Å². The summed E-state index contributed by atoms with van der Waals surface area (Å²) in [6.45, 7) is 1.05. The Kier molecular flexibility index (Phi) is 8.37. The van der Waals surface area contributed by atoms with Gasteiger partial charge < -0.3 is 15.0 Å². The van der Waals surface area contributed by atoms with E-state index in [9.17, 15) is 19.5 Å². The molecular formula is C18H24O5. The zero-order chi connectivity index (χ0) is 17.2. The number of aliphatic hydroxyl groups is 2. The molecule has 0 radical (unpaired) electrons. The molecule has 3 unspecified atom stereocenters. The van der Waals surface area contributed by atoms with Crippen LogP contribution < -0.4 is 0 Å². The van der Waals surface area contributed by atoms with Crippen LogP contribution in [-0.2, 0) is 20.8 Å². The van der Waals surface area contributed by atoms with Crippen LogP contribution in [0.5, 0.6) is 0 Å². The molecule has 0 spiro atoms.